The standard InChI is InChI=1S/C22H26N2O3/c1-16-8-7-9-17(2)21(16)27-15-14-23-22(26)18(3)24-20(25)13-12-19-10-5-4-6-11-19/h4-13,18H,14-15H2,1-3H3,(H,23,26)(H,24,25)/b13-12+. The molecule has 2 aromatic rings. The molecule has 5 heteroatoms. The predicted octanol–water partition coefficient (Wildman–Crippen LogP) is 3.02. The van der Waals surface area contributed by atoms with Crippen LogP contribution in [0.15, 0.2) is 54.6 Å². The molecule has 27 heavy (non-hydrogen) atoms. The molecule has 1 atom stereocenters. The molecule has 1 unspecified atom stereocenters. The third-order valence-corrected chi connectivity index (χ3v) is 4.04. The molecule has 0 bridgehead atoms. The molecule has 0 heterocycles. The number of carbonyl (C=O) groups excluding carboxylic acids is 2. The van der Waals surface area contributed by atoms with Gasteiger partial charge in [-0.2, -0.15) is 0 Å². The predicted molar refractivity (Wildman–Crippen MR) is 108 cm³/mol. The summed E-state index contributed by atoms with van der Waals surface area (Å²) in [5.41, 5.74) is 3.05. The van der Waals surface area contributed by atoms with Crippen LogP contribution in [0, 0.1) is 13.8 Å². The van der Waals surface area contributed by atoms with Crippen LogP contribution < -0.4 is 15.4 Å². The van der Waals surface area contributed by atoms with Crippen LogP contribution in [0.25, 0.3) is 6.08 Å². The second-order valence-electron chi connectivity index (χ2n) is 6.33. The first kappa shape index (κ1) is 20.2. The van der Waals surface area contributed by atoms with E-state index in [-0.39, 0.29) is 11.8 Å². The highest BCUT2D eigenvalue weighted by atomic mass is 16.5. The summed E-state index contributed by atoms with van der Waals surface area (Å²) in [6, 6.07) is 14.8. The zero-order valence-electron chi connectivity index (χ0n) is 16.0. The van der Waals surface area contributed by atoms with Crippen molar-refractivity contribution in [3.05, 3.63) is 71.3 Å². The van der Waals surface area contributed by atoms with Crippen molar-refractivity contribution in [2.75, 3.05) is 13.2 Å². The smallest absolute Gasteiger partial charge is 0.244 e. The van der Waals surface area contributed by atoms with Crippen LogP contribution in [-0.2, 0) is 9.59 Å². The SMILES string of the molecule is Cc1cccc(C)c1OCCNC(=O)C(C)NC(=O)/C=C/c1ccccc1. The number of rotatable bonds is 8. The molecule has 2 aromatic carbocycles. The maximum atomic E-state index is 12.1. The normalized spacial score (nSPS) is 11.8. The van der Waals surface area contributed by atoms with Gasteiger partial charge >= 0.3 is 0 Å². The van der Waals surface area contributed by atoms with Gasteiger partial charge in [0, 0.05) is 6.08 Å². The van der Waals surface area contributed by atoms with E-state index < -0.39 is 6.04 Å². The molecule has 2 N–H and O–H groups in total. The molecule has 0 aliphatic carbocycles. The molecule has 2 rings (SSSR count). The number of carbonyl (C=O) groups is 2. The van der Waals surface area contributed by atoms with E-state index >= 15 is 0 Å². The maximum absolute atomic E-state index is 12.1. The zero-order chi connectivity index (χ0) is 19.6. The van der Waals surface area contributed by atoms with Crippen molar-refractivity contribution in [1.29, 1.82) is 0 Å². The number of hydrogen-bond donors (Lipinski definition) is 2. The van der Waals surface area contributed by atoms with Crippen molar-refractivity contribution in [3.63, 3.8) is 0 Å². The average molecular weight is 366 g/mol. The number of para-hydroxylation sites is 1. The van der Waals surface area contributed by atoms with Gasteiger partial charge in [-0.25, -0.2) is 0 Å². The lowest BCUT2D eigenvalue weighted by atomic mass is 10.1. The molecule has 0 radical (unpaired) electrons. The Bertz CT molecular complexity index is 780. The van der Waals surface area contributed by atoms with E-state index in [1.54, 1.807) is 13.0 Å². The third kappa shape index (κ3) is 6.62. The van der Waals surface area contributed by atoms with Gasteiger partial charge in [0.05, 0.1) is 6.54 Å². The van der Waals surface area contributed by atoms with Crippen LogP contribution in [0.4, 0.5) is 0 Å². The van der Waals surface area contributed by atoms with Crippen molar-refractivity contribution >= 4 is 17.9 Å². The highest BCUT2D eigenvalue weighted by Gasteiger charge is 2.13. The molecule has 0 aliphatic rings. The lowest BCUT2D eigenvalue weighted by Gasteiger charge is -2.15. The van der Waals surface area contributed by atoms with E-state index in [0.717, 1.165) is 22.4 Å². The van der Waals surface area contributed by atoms with Crippen LogP contribution in [-0.4, -0.2) is 31.0 Å². The number of ether oxygens (including phenoxy) is 1. The van der Waals surface area contributed by atoms with Crippen LogP contribution in [0.3, 0.4) is 0 Å². The molecule has 2 amide bonds. The number of amides is 2. The van der Waals surface area contributed by atoms with Gasteiger partial charge < -0.3 is 15.4 Å². The Balaban J connectivity index is 1.72. The average Bonchev–Trinajstić information content (AvgIpc) is 2.66. The maximum Gasteiger partial charge on any atom is 0.244 e. The highest BCUT2D eigenvalue weighted by Crippen LogP contribution is 2.21. The van der Waals surface area contributed by atoms with Crippen LogP contribution in [0.1, 0.15) is 23.6 Å². The van der Waals surface area contributed by atoms with Gasteiger partial charge in [0.15, 0.2) is 0 Å². The second kappa shape index (κ2) is 10.2. The van der Waals surface area contributed by atoms with Gasteiger partial charge in [0.25, 0.3) is 0 Å². The van der Waals surface area contributed by atoms with E-state index in [4.69, 9.17) is 4.74 Å². The second-order valence-corrected chi connectivity index (χ2v) is 6.33. The fraction of sp³-hybridized carbons (Fsp3) is 0.273. The molecule has 0 saturated carbocycles. The molecule has 142 valence electrons. The zero-order valence-corrected chi connectivity index (χ0v) is 16.0. The van der Waals surface area contributed by atoms with Crippen LogP contribution in [0.2, 0.25) is 0 Å². The molecular formula is C22H26N2O3. The molecule has 0 spiro atoms. The summed E-state index contributed by atoms with van der Waals surface area (Å²) in [6.45, 7) is 6.36. The number of benzene rings is 2. The first-order chi connectivity index (χ1) is 13.0. The summed E-state index contributed by atoms with van der Waals surface area (Å²) in [5.74, 6) is 0.286. The highest BCUT2D eigenvalue weighted by molar-refractivity contribution is 5.95. The van der Waals surface area contributed by atoms with Crippen molar-refractivity contribution in [2.24, 2.45) is 0 Å². The number of nitrogens with one attached hydrogen (secondary N) is 2. The summed E-state index contributed by atoms with van der Waals surface area (Å²) >= 11 is 0. The van der Waals surface area contributed by atoms with Crippen molar-refractivity contribution in [2.45, 2.75) is 26.8 Å². The van der Waals surface area contributed by atoms with Crippen LogP contribution >= 0.6 is 0 Å². The Morgan fingerprint density at radius 1 is 1.04 bits per heavy atom. The Labute approximate surface area is 160 Å². The molecule has 0 aliphatic heterocycles. The van der Waals surface area contributed by atoms with Gasteiger partial charge in [-0.1, -0.05) is 48.5 Å². The minimum absolute atomic E-state index is 0.249. The Morgan fingerprint density at radius 3 is 2.37 bits per heavy atom. The Hall–Kier alpha value is -3.08. The summed E-state index contributed by atoms with van der Waals surface area (Å²) in [5, 5.41) is 5.42. The first-order valence-electron chi connectivity index (χ1n) is 8.97. The van der Waals surface area contributed by atoms with E-state index in [1.807, 2.05) is 62.4 Å². The fourth-order valence-corrected chi connectivity index (χ4v) is 2.57. The monoisotopic (exact) mass is 366 g/mol. The number of hydrogen-bond acceptors (Lipinski definition) is 3. The van der Waals surface area contributed by atoms with E-state index in [2.05, 4.69) is 10.6 Å². The lowest BCUT2D eigenvalue weighted by Crippen LogP contribution is -2.45. The summed E-state index contributed by atoms with van der Waals surface area (Å²) < 4.78 is 5.75. The van der Waals surface area contributed by atoms with Gasteiger partial charge in [-0.15, -0.1) is 0 Å². The largest absolute Gasteiger partial charge is 0.491 e. The van der Waals surface area contributed by atoms with Gasteiger partial charge in [-0.05, 0) is 43.5 Å². The van der Waals surface area contributed by atoms with Gasteiger partial charge in [0.1, 0.15) is 18.4 Å². The van der Waals surface area contributed by atoms with E-state index in [0.29, 0.717) is 13.2 Å². The third-order valence-electron chi connectivity index (χ3n) is 4.04. The summed E-state index contributed by atoms with van der Waals surface area (Å²) in [4.78, 5) is 24.0. The fourth-order valence-electron chi connectivity index (χ4n) is 2.57. The molecular weight excluding hydrogens is 340 g/mol. The van der Waals surface area contributed by atoms with E-state index in [1.165, 1.54) is 6.08 Å². The van der Waals surface area contributed by atoms with E-state index in [9.17, 15) is 9.59 Å². The van der Waals surface area contributed by atoms with Gasteiger partial charge in [0.2, 0.25) is 11.8 Å². The molecule has 0 aromatic heterocycles. The summed E-state index contributed by atoms with van der Waals surface area (Å²) in [6.07, 6.45) is 3.13. The Kier molecular flexibility index (Phi) is 7.62. The number of aryl methyl sites for hydroxylation is 2. The first-order valence-corrected chi connectivity index (χ1v) is 8.97. The topological polar surface area (TPSA) is 67.4 Å². The summed E-state index contributed by atoms with van der Waals surface area (Å²) in [7, 11) is 0. The minimum atomic E-state index is -0.627. The van der Waals surface area contributed by atoms with Crippen LogP contribution in [0.5, 0.6) is 5.75 Å². The van der Waals surface area contributed by atoms with Crippen molar-refractivity contribution in [1.82, 2.24) is 10.6 Å². The molecule has 5 nitrogen and oxygen atoms in total. The Morgan fingerprint density at radius 2 is 1.70 bits per heavy atom. The van der Waals surface area contributed by atoms with Crippen molar-refractivity contribution in [3.8, 4) is 5.75 Å². The lowest BCUT2D eigenvalue weighted by molar-refractivity contribution is -0.126. The van der Waals surface area contributed by atoms with Crippen molar-refractivity contribution < 1.29 is 14.3 Å². The molecule has 0 fully saturated rings. The minimum Gasteiger partial charge on any atom is -0.491 e. The van der Waals surface area contributed by atoms with Gasteiger partial charge in [-0.3, -0.25) is 9.59 Å². The quantitative estimate of drug-likeness (QED) is 0.557. The molecule has 0 saturated heterocycles.